The standard InChI is InChI=1S/C23H24N4O8/c1-7-8-4-5-9(26-6-24)16(28)11(8)17(29)12-10(7)18(30)14-15(27(2)3)19(31)13(22(25)34)21(33)23(14,35)20(12)32/h4-5,7,10,14-15,18,24,28,30-32,35H,1-3H3,(H2,25,34)/t7-,10+,14+,15-,18-,23-/m0/s1. The molecule has 0 fully saturated rings. The first-order valence-electron chi connectivity index (χ1n) is 10.6. The van der Waals surface area contributed by atoms with Crippen LogP contribution in [0, 0.1) is 17.2 Å². The predicted octanol–water partition coefficient (Wildman–Crippen LogP) is 0.0366. The summed E-state index contributed by atoms with van der Waals surface area (Å²) in [6.45, 7) is 1.62. The summed E-state index contributed by atoms with van der Waals surface area (Å²) in [4.78, 5) is 43.8. The lowest BCUT2D eigenvalue weighted by Crippen LogP contribution is -2.68. The number of aliphatic hydroxyl groups excluding tert-OH is 3. The summed E-state index contributed by atoms with van der Waals surface area (Å²) in [7, 11) is 2.93. The Morgan fingerprint density at radius 3 is 2.40 bits per heavy atom. The molecular formula is C23H24N4O8. The Bertz CT molecular complexity index is 1310. The Kier molecular flexibility index (Phi) is 5.45. The highest BCUT2D eigenvalue weighted by molar-refractivity contribution is 6.25. The van der Waals surface area contributed by atoms with E-state index in [9.17, 15) is 39.9 Å². The van der Waals surface area contributed by atoms with Gasteiger partial charge in [-0.25, -0.2) is 5.41 Å². The normalized spacial score (nSPS) is 32.1. The van der Waals surface area contributed by atoms with E-state index in [1.54, 1.807) is 12.9 Å². The van der Waals surface area contributed by atoms with Crippen molar-refractivity contribution < 1.29 is 39.9 Å². The van der Waals surface area contributed by atoms with Crippen LogP contribution >= 0.6 is 0 Å². The molecule has 0 radical (unpaired) electrons. The minimum atomic E-state index is -2.97. The number of benzene rings is 1. The number of aliphatic hydroxyl groups is 4. The van der Waals surface area contributed by atoms with Gasteiger partial charge in [0.1, 0.15) is 22.8 Å². The SMILES string of the molecule is C[C@H]1c2ccc(N=C=N)c(O)c2C(=O)C2=C(O)[C@]3(O)C(=O)C(C(N)=O)=C(O)[C@@H](N(C)C)[C@@H]3[C@@H](O)[C@@H]21. The molecule has 1 amide bonds. The number of nitrogens with one attached hydrogen (secondary N) is 1. The summed E-state index contributed by atoms with van der Waals surface area (Å²) >= 11 is 0. The van der Waals surface area contributed by atoms with Crippen LogP contribution in [0.3, 0.4) is 0 Å². The molecule has 0 aliphatic heterocycles. The van der Waals surface area contributed by atoms with E-state index in [0.717, 1.165) is 0 Å². The second-order valence-electron chi connectivity index (χ2n) is 9.17. The number of hydrogen-bond donors (Lipinski definition) is 7. The number of fused-ring (bicyclic) bond motifs is 3. The lowest BCUT2D eigenvalue weighted by Gasteiger charge is -2.53. The summed E-state index contributed by atoms with van der Waals surface area (Å²) in [5.41, 5.74) is 0.732. The molecule has 0 unspecified atom stereocenters. The number of Topliss-reactive ketones (excluding diaryl/α,β-unsaturated/α-hetero) is 2. The van der Waals surface area contributed by atoms with Gasteiger partial charge in [-0.2, -0.15) is 4.99 Å². The molecule has 6 atom stereocenters. The molecule has 12 nitrogen and oxygen atoms in total. The Hall–Kier alpha value is -3.83. The maximum atomic E-state index is 13.6. The molecule has 35 heavy (non-hydrogen) atoms. The quantitative estimate of drug-likeness (QED) is 0.227. The highest BCUT2D eigenvalue weighted by Crippen LogP contribution is 2.56. The third-order valence-corrected chi connectivity index (χ3v) is 7.29. The van der Waals surface area contributed by atoms with Crippen molar-refractivity contribution in [2.24, 2.45) is 22.6 Å². The fourth-order valence-corrected chi connectivity index (χ4v) is 5.76. The molecule has 3 aliphatic rings. The first-order chi connectivity index (χ1) is 16.3. The largest absolute Gasteiger partial charge is 0.510 e. The van der Waals surface area contributed by atoms with Crippen molar-refractivity contribution in [3.8, 4) is 5.75 Å². The Morgan fingerprint density at radius 2 is 1.86 bits per heavy atom. The van der Waals surface area contributed by atoms with E-state index in [1.165, 1.54) is 31.1 Å². The van der Waals surface area contributed by atoms with E-state index in [4.69, 9.17) is 11.1 Å². The van der Waals surface area contributed by atoms with Crippen LogP contribution in [0.15, 0.2) is 39.8 Å². The van der Waals surface area contributed by atoms with Crippen LogP contribution in [-0.4, -0.2) is 85.8 Å². The van der Waals surface area contributed by atoms with Gasteiger partial charge in [0.15, 0.2) is 17.1 Å². The highest BCUT2D eigenvalue weighted by atomic mass is 16.4. The van der Waals surface area contributed by atoms with Crippen LogP contribution in [0.2, 0.25) is 0 Å². The molecular weight excluding hydrogens is 460 g/mol. The monoisotopic (exact) mass is 484 g/mol. The lowest BCUT2D eigenvalue weighted by atomic mass is 9.55. The Balaban J connectivity index is 2.06. The maximum absolute atomic E-state index is 13.6. The fourth-order valence-electron chi connectivity index (χ4n) is 5.76. The van der Waals surface area contributed by atoms with Gasteiger partial charge in [0.05, 0.1) is 29.6 Å². The van der Waals surface area contributed by atoms with Crippen molar-refractivity contribution >= 4 is 29.2 Å². The van der Waals surface area contributed by atoms with Crippen LogP contribution in [-0.2, 0) is 9.59 Å². The van der Waals surface area contributed by atoms with Crippen LogP contribution < -0.4 is 5.73 Å². The average molecular weight is 484 g/mol. The first kappa shape index (κ1) is 24.3. The lowest BCUT2D eigenvalue weighted by molar-refractivity contribution is -0.162. The van der Waals surface area contributed by atoms with Gasteiger partial charge in [0.25, 0.3) is 5.91 Å². The van der Waals surface area contributed by atoms with Crippen LogP contribution in [0.25, 0.3) is 0 Å². The smallest absolute Gasteiger partial charge is 0.255 e. The summed E-state index contributed by atoms with van der Waals surface area (Å²) in [6.07, 6.45) is -1.66. The van der Waals surface area contributed by atoms with Gasteiger partial charge in [0, 0.05) is 11.5 Å². The van der Waals surface area contributed by atoms with Crippen molar-refractivity contribution in [3.63, 3.8) is 0 Å². The Labute approximate surface area is 198 Å². The van der Waals surface area contributed by atoms with E-state index in [-0.39, 0.29) is 11.3 Å². The molecule has 0 saturated carbocycles. The number of phenols is 1. The number of ketones is 2. The van der Waals surface area contributed by atoms with E-state index < -0.39 is 81.4 Å². The number of aromatic hydroxyl groups is 1. The van der Waals surface area contributed by atoms with Gasteiger partial charge in [0.2, 0.25) is 5.78 Å². The molecule has 1 aromatic carbocycles. The van der Waals surface area contributed by atoms with Crippen molar-refractivity contribution in [2.45, 2.75) is 30.6 Å². The number of likely N-dealkylation sites (N-methyl/N-ethyl adjacent to an activating group) is 1. The van der Waals surface area contributed by atoms with E-state index >= 15 is 0 Å². The molecule has 12 heteroatoms. The van der Waals surface area contributed by atoms with Crippen molar-refractivity contribution in [2.75, 3.05) is 14.1 Å². The molecule has 184 valence electrons. The molecule has 0 heterocycles. The number of nitrogens with zero attached hydrogens (tertiary/aromatic N) is 2. The van der Waals surface area contributed by atoms with E-state index in [2.05, 4.69) is 4.99 Å². The highest BCUT2D eigenvalue weighted by Gasteiger charge is 2.67. The molecule has 4 rings (SSSR count). The number of amides is 1. The van der Waals surface area contributed by atoms with Crippen molar-refractivity contribution in [3.05, 3.63) is 45.9 Å². The second kappa shape index (κ2) is 7.85. The summed E-state index contributed by atoms with van der Waals surface area (Å²) in [5, 5.41) is 62.8. The minimum Gasteiger partial charge on any atom is -0.510 e. The second-order valence-corrected chi connectivity index (χ2v) is 9.17. The molecule has 3 aliphatic carbocycles. The topological polar surface area (TPSA) is 218 Å². The summed E-state index contributed by atoms with van der Waals surface area (Å²) in [6, 6.07) is 3.28. The van der Waals surface area contributed by atoms with Gasteiger partial charge < -0.3 is 31.3 Å². The third kappa shape index (κ3) is 2.94. The van der Waals surface area contributed by atoms with Crippen LogP contribution in [0.1, 0.15) is 28.8 Å². The van der Waals surface area contributed by atoms with Crippen molar-refractivity contribution in [1.82, 2.24) is 4.90 Å². The number of primary amides is 1. The van der Waals surface area contributed by atoms with Gasteiger partial charge in [-0.15, -0.1) is 0 Å². The third-order valence-electron chi connectivity index (χ3n) is 7.29. The van der Waals surface area contributed by atoms with Gasteiger partial charge in [-0.1, -0.05) is 13.0 Å². The number of nitrogens with two attached hydrogens (primary N) is 1. The zero-order valence-electron chi connectivity index (χ0n) is 19.0. The number of carbonyl (C=O) groups excluding carboxylic acids is 3. The molecule has 8 N–H and O–H groups in total. The number of hydrogen-bond acceptors (Lipinski definition) is 11. The van der Waals surface area contributed by atoms with Crippen LogP contribution in [0.5, 0.6) is 5.75 Å². The predicted molar refractivity (Wildman–Crippen MR) is 120 cm³/mol. The fraction of sp³-hybridized carbons (Fsp3) is 0.391. The summed E-state index contributed by atoms with van der Waals surface area (Å²) < 4.78 is 0. The number of rotatable bonds is 3. The molecule has 0 spiro atoms. The Morgan fingerprint density at radius 1 is 1.23 bits per heavy atom. The first-order valence-corrected chi connectivity index (χ1v) is 10.6. The van der Waals surface area contributed by atoms with Crippen LogP contribution in [0.4, 0.5) is 5.69 Å². The van der Waals surface area contributed by atoms with E-state index in [0.29, 0.717) is 5.56 Å². The zero-order chi connectivity index (χ0) is 26.1. The number of phenolic OH excluding ortho intramolecular Hbond substituents is 1. The average Bonchev–Trinajstić information content (AvgIpc) is 2.77. The molecule has 1 aromatic rings. The van der Waals surface area contributed by atoms with Gasteiger partial charge in [-0.05, 0) is 31.6 Å². The number of carbonyl (C=O) groups is 3. The van der Waals surface area contributed by atoms with Gasteiger partial charge >= 0.3 is 0 Å². The number of aliphatic imine (C=N–C) groups is 1. The van der Waals surface area contributed by atoms with Gasteiger partial charge in [-0.3, -0.25) is 19.3 Å². The molecule has 0 bridgehead atoms. The van der Waals surface area contributed by atoms with Crippen molar-refractivity contribution in [1.29, 1.82) is 5.41 Å². The molecule has 0 aromatic heterocycles. The minimum absolute atomic E-state index is 0.143. The maximum Gasteiger partial charge on any atom is 0.255 e. The zero-order valence-corrected chi connectivity index (χ0v) is 19.0. The summed E-state index contributed by atoms with van der Waals surface area (Å²) in [5.74, 6) is -9.68. The molecule has 0 saturated heterocycles. The van der Waals surface area contributed by atoms with E-state index in [1.807, 2.05) is 0 Å².